The van der Waals surface area contributed by atoms with Crippen molar-refractivity contribution in [3.8, 4) is 0 Å². The maximum Gasteiger partial charge on any atom is 0.0819 e. The number of benzene rings is 1. The fourth-order valence-corrected chi connectivity index (χ4v) is 1.08. The third-order valence-electron chi connectivity index (χ3n) is 1.51. The van der Waals surface area contributed by atoms with E-state index in [-0.39, 0.29) is 0 Å². The average Bonchev–Trinajstić information content (AvgIpc) is 2.03. The van der Waals surface area contributed by atoms with Gasteiger partial charge in [0.05, 0.1) is 6.10 Å². The van der Waals surface area contributed by atoms with Gasteiger partial charge in [-0.05, 0) is 24.1 Å². The molecule has 0 heterocycles. The van der Waals surface area contributed by atoms with E-state index < -0.39 is 6.10 Å². The first kappa shape index (κ1) is 8.57. The molecule has 0 aliphatic carbocycles. The van der Waals surface area contributed by atoms with Crippen molar-refractivity contribution < 1.29 is 5.11 Å². The molecule has 0 amide bonds. The molecule has 1 atom stereocenters. The number of rotatable bonds is 2. The van der Waals surface area contributed by atoms with E-state index in [1.54, 1.807) is 18.6 Å². The summed E-state index contributed by atoms with van der Waals surface area (Å²) in [5, 5.41) is 10.00. The van der Waals surface area contributed by atoms with Gasteiger partial charge in [0.2, 0.25) is 0 Å². The summed E-state index contributed by atoms with van der Waals surface area (Å²) in [7, 11) is 0. The van der Waals surface area contributed by atoms with E-state index in [9.17, 15) is 5.11 Å². The molecule has 1 aromatic rings. The second-order valence-electron chi connectivity index (χ2n) is 2.33. The Balaban J connectivity index is 2.86. The summed E-state index contributed by atoms with van der Waals surface area (Å²) < 4.78 is 0. The van der Waals surface area contributed by atoms with Crippen molar-refractivity contribution >= 4 is 11.6 Å². The van der Waals surface area contributed by atoms with Crippen molar-refractivity contribution in [2.24, 2.45) is 0 Å². The average molecular weight is 170 g/mol. The normalized spacial score (nSPS) is 13.0. The molecule has 0 aromatic heterocycles. The molecule has 1 radical (unpaired) electrons. The Morgan fingerprint density at radius 3 is 2.82 bits per heavy atom. The van der Waals surface area contributed by atoms with Crippen LogP contribution >= 0.6 is 11.6 Å². The van der Waals surface area contributed by atoms with Crippen molar-refractivity contribution in [3.63, 3.8) is 0 Å². The topological polar surface area (TPSA) is 20.2 Å². The quantitative estimate of drug-likeness (QED) is 0.722. The maximum atomic E-state index is 9.34. The third kappa shape index (κ3) is 2.21. The molecule has 0 saturated heterocycles. The van der Waals surface area contributed by atoms with E-state index in [4.69, 9.17) is 11.6 Å². The van der Waals surface area contributed by atoms with Gasteiger partial charge in [0, 0.05) is 5.02 Å². The largest absolute Gasteiger partial charge is 0.388 e. The Morgan fingerprint density at radius 2 is 2.27 bits per heavy atom. The van der Waals surface area contributed by atoms with Crippen molar-refractivity contribution in [3.05, 3.63) is 41.3 Å². The van der Waals surface area contributed by atoms with Gasteiger partial charge in [0.25, 0.3) is 0 Å². The van der Waals surface area contributed by atoms with Crippen LogP contribution in [-0.4, -0.2) is 5.11 Å². The zero-order valence-corrected chi connectivity index (χ0v) is 7.05. The van der Waals surface area contributed by atoms with Gasteiger partial charge in [-0.15, -0.1) is 0 Å². The van der Waals surface area contributed by atoms with Crippen molar-refractivity contribution in [2.75, 3.05) is 0 Å². The highest BCUT2D eigenvalue weighted by Crippen LogP contribution is 2.18. The van der Waals surface area contributed by atoms with Crippen molar-refractivity contribution in [1.82, 2.24) is 0 Å². The zero-order valence-electron chi connectivity index (χ0n) is 6.29. The summed E-state index contributed by atoms with van der Waals surface area (Å²) in [5.41, 5.74) is 0.833. The smallest absolute Gasteiger partial charge is 0.0819 e. The van der Waals surface area contributed by atoms with Gasteiger partial charge < -0.3 is 5.11 Å². The minimum Gasteiger partial charge on any atom is -0.388 e. The highest BCUT2D eigenvalue weighted by atomic mass is 35.5. The summed E-state index contributed by atoms with van der Waals surface area (Å²) >= 11 is 5.72. The number of hydrogen-bond acceptors (Lipinski definition) is 1. The maximum absolute atomic E-state index is 9.34. The molecule has 0 spiro atoms. The summed E-state index contributed by atoms with van der Waals surface area (Å²) in [6, 6.07) is 7.21. The molecule has 1 rings (SSSR count). The van der Waals surface area contributed by atoms with Crippen LogP contribution in [0.2, 0.25) is 5.02 Å². The first-order valence-electron chi connectivity index (χ1n) is 3.47. The molecule has 11 heavy (non-hydrogen) atoms. The highest BCUT2D eigenvalue weighted by molar-refractivity contribution is 6.30. The minimum atomic E-state index is -0.506. The number of halogens is 1. The molecular formula is C9H10ClO. The van der Waals surface area contributed by atoms with Gasteiger partial charge in [-0.1, -0.05) is 30.7 Å². The molecule has 0 fully saturated rings. The van der Waals surface area contributed by atoms with E-state index in [0.29, 0.717) is 5.02 Å². The fraction of sp³-hybridized carbons (Fsp3) is 0.222. The van der Waals surface area contributed by atoms with Crippen LogP contribution in [0.5, 0.6) is 0 Å². The zero-order chi connectivity index (χ0) is 8.27. The van der Waals surface area contributed by atoms with Crippen LogP contribution in [0.1, 0.15) is 18.6 Å². The third-order valence-corrected chi connectivity index (χ3v) is 1.74. The first-order valence-corrected chi connectivity index (χ1v) is 3.85. The lowest BCUT2D eigenvalue weighted by molar-refractivity contribution is 0.212. The number of aliphatic hydroxyl groups excluding tert-OH is 1. The van der Waals surface area contributed by atoms with Crippen LogP contribution in [-0.2, 0) is 0 Å². The monoisotopic (exact) mass is 169 g/mol. The molecule has 0 aliphatic heterocycles. The molecule has 1 N–H and O–H groups in total. The Morgan fingerprint density at radius 1 is 1.55 bits per heavy atom. The number of aliphatic hydroxyl groups is 1. The first-order chi connectivity index (χ1) is 5.24. The number of hydrogen-bond donors (Lipinski definition) is 1. The Hall–Kier alpha value is -0.530. The van der Waals surface area contributed by atoms with Crippen LogP contribution in [0.4, 0.5) is 0 Å². The van der Waals surface area contributed by atoms with E-state index >= 15 is 0 Å². The van der Waals surface area contributed by atoms with Crippen LogP contribution in [0, 0.1) is 6.42 Å². The van der Waals surface area contributed by atoms with Gasteiger partial charge in [-0.2, -0.15) is 0 Å². The summed E-state index contributed by atoms with van der Waals surface area (Å²) in [6.45, 7) is 1.81. The van der Waals surface area contributed by atoms with E-state index in [1.165, 1.54) is 0 Å². The van der Waals surface area contributed by atoms with Gasteiger partial charge in [0.1, 0.15) is 0 Å². The summed E-state index contributed by atoms with van der Waals surface area (Å²) in [5.74, 6) is 0. The molecular weight excluding hydrogens is 160 g/mol. The highest BCUT2D eigenvalue weighted by Gasteiger charge is 2.03. The molecule has 1 nitrogen and oxygen atoms in total. The Kier molecular flexibility index (Phi) is 2.92. The van der Waals surface area contributed by atoms with Gasteiger partial charge in [0.15, 0.2) is 0 Å². The lowest BCUT2D eigenvalue weighted by Gasteiger charge is -2.06. The van der Waals surface area contributed by atoms with Crippen LogP contribution < -0.4 is 0 Å². The molecule has 1 unspecified atom stereocenters. The molecule has 0 saturated carbocycles. The second kappa shape index (κ2) is 3.74. The predicted molar refractivity (Wildman–Crippen MR) is 46.4 cm³/mol. The van der Waals surface area contributed by atoms with E-state index in [0.717, 1.165) is 5.56 Å². The summed E-state index contributed by atoms with van der Waals surface area (Å²) in [4.78, 5) is 0. The van der Waals surface area contributed by atoms with Gasteiger partial charge in [-0.25, -0.2) is 0 Å². The summed E-state index contributed by atoms with van der Waals surface area (Å²) in [6.07, 6.45) is 1.21. The second-order valence-corrected chi connectivity index (χ2v) is 2.77. The Labute approximate surface area is 71.6 Å². The molecule has 1 aromatic carbocycles. The van der Waals surface area contributed by atoms with E-state index in [2.05, 4.69) is 0 Å². The molecule has 59 valence electrons. The predicted octanol–water partition coefficient (Wildman–Crippen LogP) is 2.60. The molecule has 0 bridgehead atoms. The standard InChI is InChI=1S/C9H10ClO/c1-2-9(11)7-4-3-5-8(10)6-7/h2-6,9,11H,1H3. The molecule has 0 aliphatic rings. The SMILES string of the molecule is C[CH]C(O)c1cccc(Cl)c1. The van der Waals surface area contributed by atoms with Gasteiger partial charge in [-0.3, -0.25) is 0 Å². The van der Waals surface area contributed by atoms with Crippen molar-refractivity contribution in [2.45, 2.75) is 13.0 Å². The fourth-order valence-electron chi connectivity index (χ4n) is 0.883. The molecule has 2 heteroatoms. The van der Waals surface area contributed by atoms with Crippen LogP contribution in [0.25, 0.3) is 0 Å². The van der Waals surface area contributed by atoms with Crippen molar-refractivity contribution in [1.29, 1.82) is 0 Å². The Bertz CT molecular complexity index is 235. The lowest BCUT2D eigenvalue weighted by Crippen LogP contribution is -1.94. The lowest BCUT2D eigenvalue weighted by atomic mass is 10.1. The minimum absolute atomic E-state index is 0.506. The van der Waals surface area contributed by atoms with Crippen LogP contribution in [0.3, 0.4) is 0 Å². The van der Waals surface area contributed by atoms with Crippen LogP contribution in [0.15, 0.2) is 24.3 Å². The van der Waals surface area contributed by atoms with Gasteiger partial charge >= 0.3 is 0 Å². The van der Waals surface area contributed by atoms with E-state index in [1.807, 2.05) is 19.1 Å².